The highest BCUT2D eigenvalue weighted by atomic mass is 35.5. The molecule has 110 valence electrons. The van der Waals surface area contributed by atoms with E-state index in [0.717, 1.165) is 18.5 Å². The Kier molecular flexibility index (Phi) is 3.94. The van der Waals surface area contributed by atoms with E-state index in [4.69, 9.17) is 11.6 Å². The summed E-state index contributed by atoms with van der Waals surface area (Å²) in [6.45, 7) is 1.07. The van der Waals surface area contributed by atoms with E-state index >= 15 is 0 Å². The van der Waals surface area contributed by atoms with Crippen molar-refractivity contribution in [3.05, 3.63) is 47.2 Å². The summed E-state index contributed by atoms with van der Waals surface area (Å²) < 4.78 is 1.62. The number of carbonyl (C=O) groups is 1. The average molecular weight is 306 g/mol. The Morgan fingerprint density at radius 2 is 2.29 bits per heavy atom. The monoisotopic (exact) mass is 305 g/mol. The van der Waals surface area contributed by atoms with Gasteiger partial charge in [0.2, 0.25) is 0 Å². The lowest BCUT2D eigenvalue weighted by Crippen LogP contribution is -2.42. The molecule has 1 aliphatic heterocycles. The van der Waals surface area contributed by atoms with Crippen LogP contribution < -0.4 is 0 Å². The third-order valence-corrected chi connectivity index (χ3v) is 3.82. The highest BCUT2D eigenvalue weighted by molar-refractivity contribution is 6.30. The molecule has 1 aromatic carbocycles. The molecular formula is C15H16ClN3O2. The Bertz CT molecular complexity index is 656. The van der Waals surface area contributed by atoms with Crippen molar-refractivity contribution in [1.29, 1.82) is 0 Å². The molecule has 21 heavy (non-hydrogen) atoms. The Hall–Kier alpha value is -1.85. The van der Waals surface area contributed by atoms with E-state index in [-0.39, 0.29) is 5.91 Å². The minimum absolute atomic E-state index is 0.0953. The van der Waals surface area contributed by atoms with Gasteiger partial charge in [-0.2, -0.15) is 5.10 Å². The number of aromatic nitrogens is 2. The van der Waals surface area contributed by atoms with Gasteiger partial charge in [0.1, 0.15) is 0 Å². The molecule has 0 aliphatic carbocycles. The van der Waals surface area contributed by atoms with Crippen LogP contribution in [0.2, 0.25) is 5.02 Å². The Labute approximate surface area is 127 Å². The van der Waals surface area contributed by atoms with Crippen LogP contribution in [0.3, 0.4) is 0 Å². The first-order chi connectivity index (χ1) is 10.1. The molecule has 0 radical (unpaired) electrons. The van der Waals surface area contributed by atoms with Gasteiger partial charge in [-0.25, -0.2) is 4.68 Å². The largest absolute Gasteiger partial charge is 0.391 e. The number of aliphatic hydroxyl groups is 1. The summed E-state index contributed by atoms with van der Waals surface area (Å²) in [5.41, 5.74) is 1.32. The highest BCUT2D eigenvalue weighted by Gasteiger charge is 2.24. The number of nitrogens with zero attached hydrogens (tertiary/aromatic N) is 3. The molecular weight excluding hydrogens is 290 g/mol. The van der Waals surface area contributed by atoms with Crippen molar-refractivity contribution in [2.45, 2.75) is 18.9 Å². The first kappa shape index (κ1) is 14.1. The first-order valence-corrected chi connectivity index (χ1v) is 7.29. The second-order valence-electron chi connectivity index (χ2n) is 5.20. The molecule has 1 aromatic heterocycles. The van der Waals surface area contributed by atoms with Crippen molar-refractivity contribution >= 4 is 17.5 Å². The summed E-state index contributed by atoms with van der Waals surface area (Å²) in [5, 5.41) is 14.5. The number of aliphatic hydroxyl groups excluding tert-OH is 1. The molecule has 3 rings (SSSR count). The zero-order valence-electron chi connectivity index (χ0n) is 11.4. The average Bonchev–Trinajstić information content (AvgIpc) is 2.96. The minimum atomic E-state index is -0.425. The van der Waals surface area contributed by atoms with E-state index in [1.54, 1.807) is 34.1 Å². The van der Waals surface area contributed by atoms with Crippen LogP contribution >= 0.6 is 11.6 Å². The van der Waals surface area contributed by atoms with E-state index < -0.39 is 6.10 Å². The van der Waals surface area contributed by atoms with Crippen LogP contribution in [-0.4, -0.2) is 44.9 Å². The van der Waals surface area contributed by atoms with Gasteiger partial charge in [0, 0.05) is 24.3 Å². The smallest absolute Gasteiger partial charge is 0.257 e. The van der Waals surface area contributed by atoms with Gasteiger partial charge >= 0.3 is 0 Å². The third kappa shape index (κ3) is 3.09. The maximum Gasteiger partial charge on any atom is 0.257 e. The lowest BCUT2D eigenvalue weighted by molar-refractivity contribution is 0.0474. The number of amides is 1. The van der Waals surface area contributed by atoms with Crippen LogP contribution in [0.5, 0.6) is 0 Å². The molecule has 1 N–H and O–H groups in total. The number of likely N-dealkylation sites (tertiary alicyclic amines) is 1. The van der Waals surface area contributed by atoms with Gasteiger partial charge in [-0.1, -0.05) is 17.7 Å². The molecule has 1 atom stereocenters. The van der Waals surface area contributed by atoms with Gasteiger partial charge in [-0.3, -0.25) is 4.79 Å². The molecule has 1 saturated heterocycles. The highest BCUT2D eigenvalue weighted by Crippen LogP contribution is 2.17. The van der Waals surface area contributed by atoms with Crippen LogP contribution in [0, 0.1) is 0 Å². The van der Waals surface area contributed by atoms with Crippen LogP contribution in [0.1, 0.15) is 23.2 Å². The van der Waals surface area contributed by atoms with Crippen LogP contribution in [0.25, 0.3) is 5.69 Å². The quantitative estimate of drug-likeness (QED) is 0.924. The summed E-state index contributed by atoms with van der Waals surface area (Å²) in [6, 6.07) is 7.28. The van der Waals surface area contributed by atoms with Crippen molar-refractivity contribution in [3.8, 4) is 5.69 Å². The summed E-state index contributed by atoms with van der Waals surface area (Å²) >= 11 is 5.96. The summed E-state index contributed by atoms with van der Waals surface area (Å²) in [4.78, 5) is 14.1. The standard InChI is InChI=1S/C15H16ClN3O2/c16-12-3-1-4-13(7-12)19-9-11(8-17-19)15(21)18-6-2-5-14(20)10-18/h1,3-4,7-9,14,20H,2,5-6,10H2. The zero-order valence-corrected chi connectivity index (χ0v) is 12.2. The maximum atomic E-state index is 12.4. The predicted molar refractivity (Wildman–Crippen MR) is 79.7 cm³/mol. The van der Waals surface area contributed by atoms with E-state index in [0.29, 0.717) is 23.7 Å². The van der Waals surface area contributed by atoms with Gasteiger partial charge in [0.25, 0.3) is 5.91 Å². The van der Waals surface area contributed by atoms with Crippen molar-refractivity contribution < 1.29 is 9.90 Å². The molecule has 0 saturated carbocycles. The zero-order chi connectivity index (χ0) is 14.8. The maximum absolute atomic E-state index is 12.4. The number of rotatable bonds is 2. The van der Waals surface area contributed by atoms with Gasteiger partial charge in [-0.15, -0.1) is 0 Å². The fraction of sp³-hybridized carbons (Fsp3) is 0.333. The minimum Gasteiger partial charge on any atom is -0.391 e. The fourth-order valence-corrected chi connectivity index (χ4v) is 2.70. The lowest BCUT2D eigenvalue weighted by Gasteiger charge is -2.29. The summed E-state index contributed by atoms with van der Waals surface area (Å²) in [5.74, 6) is -0.0953. The third-order valence-electron chi connectivity index (χ3n) is 3.59. The molecule has 1 unspecified atom stereocenters. The SMILES string of the molecule is O=C(c1cnn(-c2cccc(Cl)c2)c1)N1CCCC(O)C1. The first-order valence-electron chi connectivity index (χ1n) is 6.91. The fourth-order valence-electron chi connectivity index (χ4n) is 2.51. The van der Waals surface area contributed by atoms with Gasteiger partial charge < -0.3 is 10.0 Å². The number of β-amino-alcohol motifs (C(OH)–C–C–N with tert-alkyl or cyclic N) is 1. The molecule has 1 aliphatic rings. The molecule has 1 amide bonds. The summed E-state index contributed by atoms with van der Waals surface area (Å²) in [7, 11) is 0. The number of piperidine rings is 1. The molecule has 2 aromatic rings. The summed E-state index contributed by atoms with van der Waals surface area (Å²) in [6.07, 6.45) is 4.39. The Morgan fingerprint density at radius 3 is 3.05 bits per heavy atom. The molecule has 1 fully saturated rings. The number of benzene rings is 1. The molecule has 0 spiro atoms. The van der Waals surface area contributed by atoms with Crippen molar-refractivity contribution in [2.75, 3.05) is 13.1 Å². The number of hydrogen-bond acceptors (Lipinski definition) is 3. The van der Waals surface area contributed by atoms with E-state index in [1.165, 1.54) is 0 Å². The Morgan fingerprint density at radius 1 is 1.43 bits per heavy atom. The van der Waals surface area contributed by atoms with E-state index in [1.807, 2.05) is 12.1 Å². The molecule has 5 nitrogen and oxygen atoms in total. The number of halogens is 1. The topological polar surface area (TPSA) is 58.4 Å². The number of carbonyl (C=O) groups excluding carboxylic acids is 1. The van der Waals surface area contributed by atoms with Gasteiger partial charge in [-0.05, 0) is 31.0 Å². The van der Waals surface area contributed by atoms with E-state index in [9.17, 15) is 9.90 Å². The molecule has 0 bridgehead atoms. The van der Waals surface area contributed by atoms with Crippen LogP contribution in [0.4, 0.5) is 0 Å². The Balaban J connectivity index is 1.80. The lowest BCUT2D eigenvalue weighted by atomic mass is 10.1. The molecule has 6 heteroatoms. The normalized spacial score (nSPS) is 18.8. The second kappa shape index (κ2) is 5.87. The predicted octanol–water partition coefficient (Wildman–Crippen LogP) is 2.12. The van der Waals surface area contributed by atoms with Crippen LogP contribution in [0.15, 0.2) is 36.7 Å². The second-order valence-corrected chi connectivity index (χ2v) is 5.64. The van der Waals surface area contributed by atoms with Crippen LogP contribution in [-0.2, 0) is 0 Å². The van der Waals surface area contributed by atoms with Crippen molar-refractivity contribution in [3.63, 3.8) is 0 Å². The van der Waals surface area contributed by atoms with Crippen molar-refractivity contribution in [2.24, 2.45) is 0 Å². The van der Waals surface area contributed by atoms with Gasteiger partial charge in [0.05, 0.1) is 23.6 Å². The van der Waals surface area contributed by atoms with E-state index in [2.05, 4.69) is 5.10 Å². The molecule has 2 heterocycles. The van der Waals surface area contributed by atoms with Crippen molar-refractivity contribution in [1.82, 2.24) is 14.7 Å². The number of hydrogen-bond donors (Lipinski definition) is 1. The van der Waals surface area contributed by atoms with Gasteiger partial charge in [0.15, 0.2) is 0 Å².